The highest BCUT2D eigenvalue weighted by Gasteiger charge is 2.17. The lowest BCUT2D eigenvalue weighted by Crippen LogP contribution is -2.05. The van der Waals surface area contributed by atoms with Crippen molar-refractivity contribution in [1.29, 1.82) is 0 Å². The zero-order valence-corrected chi connectivity index (χ0v) is 12.3. The van der Waals surface area contributed by atoms with Crippen LogP contribution in [0.2, 0.25) is 5.02 Å². The zero-order valence-electron chi connectivity index (χ0n) is 11.6. The molecule has 3 heteroatoms. The molecule has 0 heterocycles. The van der Waals surface area contributed by atoms with E-state index in [0.29, 0.717) is 5.56 Å². The molecule has 0 spiro atoms. The van der Waals surface area contributed by atoms with Crippen LogP contribution in [-0.2, 0) is 0 Å². The van der Waals surface area contributed by atoms with Crippen LogP contribution in [0, 0.1) is 5.82 Å². The van der Waals surface area contributed by atoms with E-state index in [4.69, 9.17) is 11.6 Å². The van der Waals surface area contributed by atoms with Crippen LogP contribution in [0.15, 0.2) is 72.8 Å². The van der Waals surface area contributed by atoms with Crippen molar-refractivity contribution in [3.05, 3.63) is 94.8 Å². The second-order valence-corrected chi connectivity index (χ2v) is 5.28. The van der Waals surface area contributed by atoms with Gasteiger partial charge in [0.15, 0.2) is 5.78 Å². The van der Waals surface area contributed by atoms with Crippen molar-refractivity contribution in [2.24, 2.45) is 0 Å². The summed E-state index contributed by atoms with van der Waals surface area (Å²) in [6.07, 6.45) is 0. The Labute approximate surface area is 133 Å². The minimum absolute atomic E-state index is 0.0865. The fraction of sp³-hybridized carbons (Fsp3) is 0. The Hall–Kier alpha value is -2.45. The highest BCUT2D eigenvalue weighted by atomic mass is 35.5. The molecule has 3 rings (SSSR count). The van der Waals surface area contributed by atoms with E-state index in [-0.39, 0.29) is 10.6 Å². The first-order chi connectivity index (χ1) is 10.7. The molecule has 3 aromatic carbocycles. The smallest absolute Gasteiger partial charge is 0.197 e. The van der Waals surface area contributed by atoms with Crippen molar-refractivity contribution in [2.75, 3.05) is 0 Å². The van der Waals surface area contributed by atoms with Gasteiger partial charge < -0.3 is 0 Å². The van der Waals surface area contributed by atoms with Gasteiger partial charge in [0, 0.05) is 5.56 Å². The molecule has 0 amide bonds. The monoisotopic (exact) mass is 310 g/mol. The van der Waals surface area contributed by atoms with Crippen LogP contribution in [-0.4, -0.2) is 5.78 Å². The molecule has 108 valence electrons. The Morgan fingerprint density at radius 2 is 1.41 bits per heavy atom. The topological polar surface area (TPSA) is 17.1 Å². The molecule has 0 aliphatic carbocycles. The van der Waals surface area contributed by atoms with Gasteiger partial charge in [-0.1, -0.05) is 72.3 Å². The zero-order chi connectivity index (χ0) is 15.5. The molecule has 0 unspecified atom stereocenters. The standard InChI is InChI=1S/C19H12ClFO/c20-16-7-4-8-17(21)18(16)19(22)15-11-9-14(10-12-15)13-5-2-1-3-6-13/h1-12H. The van der Waals surface area contributed by atoms with Gasteiger partial charge in [0.25, 0.3) is 0 Å². The maximum atomic E-state index is 13.8. The van der Waals surface area contributed by atoms with Gasteiger partial charge in [-0.05, 0) is 23.3 Å². The lowest BCUT2D eigenvalue weighted by Gasteiger charge is -2.06. The molecule has 1 nitrogen and oxygen atoms in total. The number of carbonyl (C=O) groups is 1. The van der Waals surface area contributed by atoms with Crippen molar-refractivity contribution in [2.45, 2.75) is 0 Å². The quantitative estimate of drug-likeness (QED) is 0.594. The Bertz CT molecular complexity index is 790. The van der Waals surface area contributed by atoms with Crippen LogP contribution in [0.5, 0.6) is 0 Å². The van der Waals surface area contributed by atoms with E-state index in [1.54, 1.807) is 12.1 Å². The Morgan fingerprint density at radius 1 is 0.773 bits per heavy atom. The minimum Gasteiger partial charge on any atom is -0.288 e. The second-order valence-electron chi connectivity index (χ2n) is 4.87. The van der Waals surface area contributed by atoms with Crippen LogP contribution >= 0.6 is 11.6 Å². The van der Waals surface area contributed by atoms with Crippen LogP contribution in [0.3, 0.4) is 0 Å². The number of carbonyl (C=O) groups excluding carboxylic acids is 1. The molecule has 0 radical (unpaired) electrons. The SMILES string of the molecule is O=C(c1ccc(-c2ccccc2)cc1)c1c(F)cccc1Cl. The molecule has 0 aromatic heterocycles. The van der Waals surface area contributed by atoms with Crippen LogP contribution in [0.1, 0.15) is 15.9 Å². The molecule has 0 aliphatic rings. The number of hydrogen-bond acceptors (Lipinski definition) is 1. The van der Waals surface area contributed by atoms with E-state index in [0.717, 1.165) is 11.1 Å². The molecule has 0 saturated carbocycles. The fourth-order valence-corrected chi connectivity index (χ4v) is 2.55. The summed E-state index contributed by atoms with van der Waals surface area (Å²) in [6, 6.07) is 21.1. The number of rotatable bonds is 3. The summed E-state index contributed by atoms with van der Waals surface area (Å²) >= 11 is 5.94. The summed E-state index contributed by atoms with van der Waals surface area (Å²) in [6.45, 7) is 0. The average molecular weight is 311 g/mol. The van der Waals surface area contributed by atoms with E-state index in [9.17, 15) is 9.18 Å². The highest BCUT2D eigenvalue weighted by molar-refractivity contribution is 6.35. The first-order valence-electron chi connectivity index (χ1n) is 6.81. The van der Waals surface area contributed by atoms with Crippen molar-refractivity contribution in [3.63, 3.8) is 0 Å². The van der Waals surface area contributed by atoms with Crippen molar-refractivity contribution >= 4 is 17.4 Å². The minimum atomic E-state index is -0.607. The van der Waals surface area contributed by atoms with E-state index in [1.807, 2.05) is 42.5 Å². The lowest BCUT2D eigenvalue weighted by atomic mass is 9.99. The first-order valence-corrected chi connectivity index (χ1v) is 7.19. The molecule has 0 fully saturated rings. The average Bonchev–Trinajstić information content (AvgIpc) is 2.55. The predicted octanol–water partition coefficient (Wildman–Crippen LogP) is 5.38. The van der Waals surface area contributed by atoms with Gasteiger partial charge in [0.05, 0.1) is 10.6 Å². The summed E-state index contributed by atoms with van der Waals surface area (Å²) in [4.78, 5) is 12.4. The molecular formula is C19H12ClFO. The van der Waals surface area contributed by atoms with Gasteiger partial charge in [0.2, 0.25) is 0 Å². The molecule has 0 atom stereocenters. The molecule has 0 saturated heterocycles. The fourth-order valence-electron chi connectivity index (χ4n) is 2.30. The highest BCUT2D eigenvalue weighted by Crippen LogP contribution is 2.24. The van der Waals surface area contributed by atoms with Gasteiger partial charge in [-0.15, -0.1) is 0 Å². The summed E-state index contributed by atoms with van der Waals surface area (Å²) in [7, 11) is 0. The summed E-state index contributed by atoms with van der Waals surface area (Å²) in [5.41, 5.74) is 2.38. The van der Waals surface area contributed by atoms with Crippen molar-refractivity contribution in [1.82, 2.24) is 0 Å². The third kappa shape index (κ3) is 2.78. The van der Waals surface area contributed by atoms with Crippen molar-refractivity contribution < 1.29 is 9.18 Å². The van der Waals surface area contributed by atoms with E-state index >= 15 is 0 Å². The lowest BCUT2D eigenvalue weighted by molar-refractivity contribution is 0.103. The van der Waals surface area contributed by atoms with Crippen LogP contribution in [0.25, 0.3) is 11.1 Å². The van der Waals surface area contributed by atoms with Gasteiger partial charge >= 0.3 is 0 Å². The number of hydrogen-bond donors (Lipinski definition) is 0. The summed E-state index contributed by atoms with van der Waals surface area (Å²) in [5.74, 6) is -1.02. The van der Waals surface area contributed by atoms with Crippen LogP contribution in [0.4, 0.5) is 4.39 Å². The van der Waals surface area contributed by atoms with E-state index in [1.165, 1.54) is 18.2 Å². The van der Waals surface area contributed by atoms with Gasteiger partial charge in [0.1, 0.15) is 5.82 Å². The largest absolute Gasteiger partial charge is 0.288 e. The maximum Gasteiger partial charge on any atom is 0.197 e. The number of benzene rings is 3. The predicted molar refractivity (Wildman–Crippen MR) is 86.7 cm³/mol. The Kier molecular flexibility index (Phi) is 4.03. The molecular weight excluding hydrogens is 299 g/mol. The molecule has 0 bridgehead atoms. The van der Waals surface area contributed by atoms with Gasteiger partial charge in [-0.25, -0.2) is 4.39 Å². The second kappa shape index (κ2) is 6.12. The summed E-state index contributed by atoms with van der Waals surface area (Å²) < 4.78 is 13.8. The van der Waals surface area contributed by atoms with Crippen molar-refractivity contribution in [3.8, 4) is 11.1 Å². The number of ketones is 1. The van der Waals surface area contributed by atoms with Gasteiger partial charge in [-0.3, -0.25) is 4.79 Å². The third-order valence-corrected chi connectivity index (χ3v) is 3.76. The van der Waals surface area contributed by atoms with E-state index in [2.05, 4.69) is 0 Å². The number of halogens is 2. The normalized spacial score (nSPS) is 10.5. The molecule has 3 aromatic rings. The Morgan fingerprint density at radius 3 is 2.05 bits per heavy atom. The first kappa shape index (κ1) is 14.5. The molecule has 0 aliphatic heterocycles. The summed E-state index contributed by atoms with van der Waals surface area (Å²) in [5, 5.41) is 0.122. The molecule has 22 heavy (non-hydrogen) atoms. The Balaban J connectivity index is 1.95. The maximum absolute atomic E-state index is 13.8. The van der Waals surface area contributed by atoms with E-state index < -0.39 is 11.6 Å². The van der Waals surface area contributed by atoms with Gasteiger partial charge in [-0.2, -0.15) is 0 Å². The van der Waals surface area contributed by atoms with Crippen LogP contribution < -0.4 is 0 Å². The third-order valence-electron chi connectivity index (χ3n) is 3.44. The molecule has 0 N–H and O–H groups in total.